The summed E-state index contributed by atoms with van der Waals surface area (Å²) in [5, 5.41) is -0.192. The van der Waals surface area contributed by atoms with Gasteiger partial charge in [-0.05, 0) is 28.8 Å². The zero-order valence-corrected chi connectivity index (χ0v) is 11.7. The second-order valence-corrected chi connectivity index (χ2v) is 5.04. The molecule has 0 radical (unpaired) electrons. The molecule has 0 atom stereocenters. The van der Waals surface area contributed by atoms with Crippen LogP contribution in [0.2, 0.25) is 5.02 Å². The molecule has 3 aromatic carbocycles. The average molecular weight is 301 g/mol. The van der Waals surface area contributed by atoms with E-state index < -0.39 is 11.6 Å². The van der Waals surface area contributed by atoms with Crippen LogP contribution in [-0.4, -0.2) is 0 Å². The molecule has 0 fully saturated rings. The lowest BCUT2D eigenvalue weighted by molar-refractivity contribution is 0.603. The van der Waals surface area contributed by atoms with E-state index in [2.05, 4.69) is 0 Å². The summed E-state index contributed by atoms with van der Waals surface area (Å²) >= 11 is 5.87. The van der Waals surface area contributed by atoms with E-state index in [1.54, 1.807) is 12.1 Å². The number of halogens is 3. The average Bonchev–Trinajstić information content (AvgIpc) is 2.53. The summed E-state index contributed by atoms with van der Waals surface area (Å²) < 4.78 is 27.4. The zero-order chi connectivity index (χ0) is 14.8. The van der Waals surface area contributed by atoms with Crippen LogP contribution in [0.3, 0.4) is 0 Å². The van der Waals surface area contributed by atoms with Crippen molar-refractivity contribution in [3.05, 3.63) is 83.4 Å². The van der Waals surface area contributed by atoms with E-state index >= 15 is 0 Å². The Labute approximate surface area is 126 Å². The topological polar surface area (TPSA) is 0 Å². The van der Waals surface area contributed by atoms with Gasteiger partial charge in [0.25, 0.3) is 0 Å². The Morgan fingerprint density at radius 1 is 0.571 bits per heavy atom. The molecule has 104 valence electrons. The number of hydrogen-bond donors (Lipinski definition) is 0. The SMILES string of the molecule is Fc1ccc(F)c(-c2ccc(-c3ccccc3)cc2)c1Cl. The Morgan fingerprint density at radius 2 is 1.10 bits per heavy atom. The summed E-state index contributed by atoms with van der Waals surface area (Å²) in [6, 6.07) is 19.2. The van der Waals surface area contributed by atoms with E-state index in [4.69, 9.17) is 11.6 Å². The van der Waals surface area contributed by atoms with Crippen LogP contribution in [0, 0.1) is 11.6 Å². The third kappa shape index (κ3) is 2.67. The molecule has 0 amide bonds. The molecule has 0 N–H and O–H groups in total. The van der Waals surface area contributed by atoms with Crippen molar-refractivity contribution in [1.29, 1.82) is 0 Å². The van der Waals surface area contributed by atoms with Crippen LogP contribution in [-0.2, 0) is 0 Å². The van der Waals surface area contributed by atoms with Crippen molar-refractivity contribution >= 4 is 11.6 Å². The van der Waals surface area contributed by atoms with Gasteiger partial charge in [0, 0.05) is 5.56 Å². The number of hydrogen-bond acceptors (Lipinski definition) is 0. The maximum Gasteiger partial charge on any atom is 0.142 e. The fourth-order valence-corrected chi connectivity index (χ4v) is 2.51. The highest BCUT2D eigenvalue weighted by Crippen LogP contribution is 2.33. The molecule has 0 saturated heterocycles. The van der Waals surface area contributed by atoms with E-state index in [0.29, 0.717) is 5.56 Å². The summed E-state index contributed by atoms with van der Waals surface area (Å²) in [6.45, 7) is 0. The van der Waals surface area contributed by atoms with Gasteiger partial charge in [0.05, 0.1) is 5.02 Å². The van der Waals surface area contributed by atoms with Gasteiger partial charge in [-0.15, -0.1) is 0 Å². The molecule has 0 saturated carbocycles. The molecule has 3 aromatic rings. The minimum absolute atomic E-state index is 0.0938. The Balaban J connectivity index is 2.05. The molecule has 21 heavy (non-hydrogen) atoms. The van der Waals surface area contributed by atoms with Crippen molar-refractivity contribution in [3.8, 4) is 22.3 Å². The first kappa shape index (κ1) is 13.8. The van der Waals surface area contributed by atoms with Gasteiger partial charge in [0.15, 0.2) is 0 Å². The van der Waals surface area contributed by atoms with E-state index in [1.807, 2.05) is 42.5 Å². The minimum atomic E-state index is -0.625. The van der Waals surface area contributed by atoms with Gasteiger partial charge in [-0.3, -0.25) is 0 Å². The summed E-state index contributed by atoms with van der Waals surface area (Å²) in [6.07, 6.45) is 0. The Morgan fingerprint density at radius 3 is 1.76 bits per heavy atom. The second kappa shape index (κ2) is 5.66. The molecule has 3 rings (SSSR count). The lowest BCUT2D eigenvalue weighted by atomic mass is 10.00. The molecule has 0 spiro atoms. The first-order valence-corrected chi connectivity index (χ1v) is 6.84. The molecule has 0 aliphatic carbocycles. The van der Waals surface area contributed by atoms with Gasteiger partial charge in [-0.1, -0.05) is 66.2 Å². The predicted octanol–water partition coefficient (Wildman–Crippen LogP) is 5.95. The Hall–Kier alpha value is -2.19. The normalized spacial score (nSPS) is 10.6. The van der Waals surface area contributed by atoms with Gasteiger partial charge < -0.3 is 0 Å². The molecule has 3 heteroatoms. The monoisotopic (exact) mass is 300 g/mol. The Kier molecular flexibility index (Phi) is 3.72. The van der Waals surface area contributed by atoms with E-state index in [-0.39, 0.29) is 10.6 Å². The third-order valence-electron chi connectivity index (χ3n) is 3.32. The van der Waals surface area contributed by atoms with Crippen molar-refractivity contribution in [3.63, 3.8) is 0 Å². The van der Waals surface area contributed by atoms with Crippen LogP contribution < -0.4 is 0 Å². The summed E-state index contributed by atoms with van der Waals surface area (Å²) in [5.41, 5.74) is 2.72. The molecular formula is C18H11ClF2. The highest BCUT2D eigenvalue weighted by atomic mass is 35.5. The van der Waals surface area contributed by atoms with Crippen molar-refractivity contribution in [2.75, 3.05) is 0 Å². The van der Waals surface area contributed by atoms with Crippen LogP contribution in [0.15, 0.2) is 66.7 Å². The fraction of sp³-hybridized carbons (Fsp3) is 0. The first-order chi connectivity index (χ1) is 10.2. The highest BCUT2D eigenvalue weighted by molar-refractivity contribution is 6.33. The maximum absolute atomic E-state index is 13.9. The smallest absolute Gasteiger partial charge is 0.142 e. The maximum atomic E-state index is 13.9. The molecule has 0 bridgehead atoms. The molecule has 0 aromatic heterocycles. The Bertz CT molecular complexity index is 765. The fourth-order valence-electron chi connectivity index (χ4n) is 2.25. The highest BCUT2D eigenvalue weighted by Gasteiger charge is 2.13. The molecule has 0 unspecified atom stereocenters. The van der Waals surface area contributed by atoms with Gasteiger partial charge in [-0.2, -0.15) is 0 Å². The third-order valence-corrected chi connectivity index (χ3v) is 3.69. The number of benzene rings is 3. The number of rotatable bonds is 2. The van der Waals surface area contributed by atoms with Crippen LogP contribution >= 0.6 is 11.6 Å². The largest absolute Gasteiger partial charge is 0.206 e. The van der Waals surface area contributed by atoms with Gasteiger partial charge in [0.1, 0.15) is 11.6 Å². The second-order valence-electron chi connectivity index (χ2n) is 4.66. The zero-order valence-electron chi connectivity index (χ0n) is 11.0. The first-order valence-electron chi connectivity index (χ1n) is 6.46. The lowest BCUT2D eigenvalue weighted by Gasteiger charge is -2.08. The van der Waals surface area contributed by atoms with Crippen LogP contribution in [0.5, 0.6) is 0 Å². The molecular weight excluding hydrogens is 290 g/mol. The van der Waals surface area contributed by atoms with Crippen molar-refractivity contribution in [2.24, 2.45) is 0 Å². The van der Waals surface area contributed by atoms with Gasteiger partial charge in [-0.25, -0.2) is 8.78 Å². The van der Waals surface area contributed by atoms with Gasteiger partial charge >= 0.3 is 0 Å². The molecule has 0 aliphatic heterocycles. The van der Waals surface area contributed by atoms with Crippen molar-refractivity contribution in [1.82, 2.24) is 0 Å². The van der Waals surface area contributed by atoms with Crippen molar-refractivity contribution < 1.29 is 8.78 Å². The standard InChI is InChI=1S/C18H11ClF2/c19-18-16(21)11-10-15(20)17(18)14-8-6-13(7-9-14)12-4-2-1-3-5-12/h1-11H. The summed E-state index contributed by atoms with van der Waals surface area (Å²) in [5.74, 6) is -1.16. The van der Waals surface area contributed by atoms with Crippen LogP contribution in [0.4, 0.5) is 8.78 Å². The molecule has 0 aliphatic rings. The van der Waals surface area contributed by atoms with Crippen LogP contribution in [0.1, 0.15) is 0 Å². The predicted molar refractivity (Wildman–Crippen MR) is 82.2 cm³/mol. The van der Waals surface area contributed by atoms with Crippen LogP contribution in [0.25, 0.3) is 22.3 Å². The van der Waals surface area contributed by atoms with E-state index in [0.717, 1.165) is 23.3 Å². The summed E-state index contributed by atoms with van der Waals surface area (Å²) in [7, 11) is 0. The van der Waals surface area contributed by atoms with E-state index in [9.17, 15) is 8.78 Å². The van der Waals surface area contributed by atoms with Gasteiger partial charge in [0.2, 0.25) is 0 Å². The lowest BCUT2D eigenvalue weighted by Crippen LogP contribution is -1.89. The quantitative estimate of drug-likeness (QED) is 0.513. The molecule has 0 nitrogen and oxygen atoms in total. The molecule has 0 heterocycles. The van der Waals surface area contributed by atoms with Crippen molar-refractivity contribution in [2.45, 2.75) is 0 Å². The summed E-state index contributed by atoms with van der Waals surface area (Å²) in [4.78, 5) is 0. The van der Waals surface area contributed by atoms with E-state index in [1.165, 1.54) is 0 Å². The minimum Gasteiger partial charge on any atom is -0.206 e.